The van der Waals surface area contributed by atoms with E-state index in [4.69, 9.17) is 4.74 Å². The normalized spacial score (nSPS) is 28.5. The molecule has 0 saturated heterocycles. The molecule has 248 valence electrons. The fraction of sp³-hybridized carbons (Fsp3) is 0.923. The van der Waals surface area contributed by atoms with Crippen LogP contribution >= 0.6 is 0 Å². The van der Waals surface area contributed by atoms with Gasteiger partial charge >= 0.3 is 0 Å². The van der Waals surface area contributed by atoms with Crippen LogP contribution in [0.5, 0.6) is 0 Å². The number of carbonyl (C=O) groups is 1. The number of carbonyl (C=O) groups excluding carboxylic acids is 1. The molecule has 4 saturated carbocycles. The van der Waals surface area contributed by atoms with Crippen LogP contribution in [0.3, 0.4) is 0 Å². The number of halogens is 1. The van der Waals surface area contributed by atoms with Gasteiger partial charge in [-0.05, 0) is 92.4 Å². The average Bonchev–Trinajstić information content (AvgIpc) is 2.98. The van der Waals surface area contributed by atoms with Gasteiger partial charge in [-0.3, -0.25) is 9.50 Å². The summed E-state index contributed by atoms with van der Waals surface area (Å²) >= 11 is 0. The molecule has 0 aliphatic heterocycles. The van der Waals surface area contributed by atoms with E-state index in [-0.39, 0.29) is 12.1 Å². The molecule has 0 N–H and O–H groups in total. The number of ketones is 1. The Balaban J connectivity index is 0.000000403. The molecule has 4 rings (SSSR count). The molecule has 0 radical (unpaired) electrons. The van der Waals surface area contributed by atoms with Gasteiger partial charge in [0.25, 0.3) is 0 Å². The predicted molar refractivity (Wildman–Crippen MR) is 182 cm³/mol. The molecule has 2 nitrogen and oxygen atoms in total. The minimum absolute atomic E-state index is 0. The molecule has 0 heterocycles. The summed E-state index contributed by atoms with van der Waals surface area (Å²) in [5.74, 6) is 6.52. The fourth-order valence-corrected chi connectivity index (χ4v) is 8.62. The van der Waals surface area contributed by atoms with Crippen LogP contribution in [0.2, 0.25) is 0 Å². The zero-order chi connectivity index (χ0) is 28.4. The molecule has 0 aromatic carbocycles. The van der Waals surface area contributed by atoms with Crippen molar-refractivity contribution >= 4 is 5.78 Å². The van der Waals surface area contributed by atoms with Crippen molar-refractivity contribution < 1.29 is 14.2 Å². The lowest BCUT2D eigenvalue weighted by atomic mass is 9.73. The highest BCUT2D eigenvalue weighted by Gasteiger charge is 2.27. The molecule has 4 aliphatic rings. The van der Waals surface area contributed by atoms with Crippen LogP contribution in [0.15, 0.2) is 11.8 Å². The van der Waals surface area contributed by atoms with Crippen molar-refractivity contribution in [1.82, 2.24) is 0 Å². The number of rotatable bonds is 13. The Hall–Kier alpha value is -0.860. The first-order valence-corrected chi connectivity index (χ1v) is 18.3. The van der Waals surface area contributed by atoms with Gasteiger partial charge in [-0.25, -0.2) is 0 Å². The zero-order valence-electron chi connectivity index (χ0n) is 27.7. The number of methoxy groups -OCH3 is 1. The van der Waals surface area contributed by atoms with Gasteiger partial charge in [0.1, 0.15) is 5.78 Å². The summed E-state index contributed by atoms with van der Waals surface area (Å²) in [4.78, 5) is 11.3. The van der Waals surface area contributed by atoms with Crippen molar-refractivity contribution in [3.63, 3.8) is 0 Å². The smallest absolute Gasteiger partial charge is 0.132 e. The molecule has 4 aliphatic carbocycles. The Morgan fingerprint density at radius 1 is 0.571 bits per heavy atom. The second kappa shape index (κ2) is 23.5. The summed E-state index contributed by atoms with van der Waals surface area (Å²) in [5, 5.41) is 0. The van der Waals surface area contributed by atoms with Crippen molar-refractivity contribution in [1.29, 1.82) is 0 Å². The van der Waals surface area contributed by atoms with Crippen LogP contribution in [-0.2, 0) is 9.53 Å². The van der Waals surface area contributed by atoms with Gasteiger partial charge in [-0.2, -0.15) is 0 Å². The van der Waals surface area contributed by atoms with Crippen molar-refractivity contribution in [2.24, 2.45) is 35.5 Å². The predicted octanol–water partition coefficient (Wildman–Crippen LogP) is 12.8. The topological polar surface area (TPSA) is 26.3 Å². The summed E-state index contributed by atoms with van der Waals surface area (Å²) in [6.45, 7) is 4.61. The third-order valence-electron chi connectivity index (χ3n) is 11.4. The summed E-state index contributed by atoms with van der Waals surface area (Å²) in [5.41, 5.74) is 1.54. The van der Waals surface area contributed by atoms with E-state index in [0.29, 0.717) is 5.78 Å². The lowest BCUT2D eigenvalue weighted by molar-refractivity contribution is -0.121. The van der Waals surface area contributed by atoms with Crippen molar-refractivity contribution in [3.8, 4) is 0 Å². The molecule has 0 bridgehead atoms. The van der Waals surface area contributed by atoms with E-state index in [1.54, 1.807) is 7.11 Å². The number of Topliss-reactive ketones (excluding diaryl/α,β-unsaturated/α-hetero) is 1. The van der Waals surface area contributed by atoms with Crippen molar-refractivity contribution in [2.45, 2.75) is 188 Å². The van der Waals surface area contributed by atoms with Gasteiger partial charge < -0.3 is 4.74 Å². The van der Waals surface area contributed by atoms with Gasteiger partial charge in [-0.1, -0.05) is 124 Å². The number of allylic oxidation sites excluding steroid dienone is 1. The quantitative estimate of drug-likeness (QED) is 0.157. The number of unbranched alkanes of at least 4 members (excludes halogenated alkanes) is 4. The Labute approximate surface area is 262 Å². The molecule has 0 atom stereocenters. The van der Waals surface area contributed by atoms with Crippen LogP contribution in [0, 0.1) is 35.5 Å². The number of hydrogen-bond donors (Lipinski definition) is 0. The molecule has 3 heteroatoms. The summed E-state index contributed by atoms with van der Waals surface area (Å²) < 4.78 is 5.16. The average molecular weight is 593 g/mol. The van der Waals surface area contributed by atoms with Gasteiger partial charge in [-0.15, -0.1) is 0 Å². The molecular formula is C39H73FO2. The van der Waals surface area contributed by atoms with E-state index in [0.717, 1.165) is 48.3 Å². The minimum Gasteiger partial charge on any atom is -0.504 e. The maximum Gasteiger partial charge on any atom is 0.132 e. The molecule has 0 aromatic heterocycles. The largest absolute Gasteiger partial charge is 0.504 e. The second-order valence-electron chi connectivity index (χ2n) is 14.7. The van der Waals surface area contributed by atoms with Gasteiger partial charge in [0, 0.05) is 12.8 Å². The highest BCUT2D eigenvalue weighted by molar-refractivity contribution is 5.79. The van der Waals surface area contributed by atoms with Crippen LogP contribution in [0.1, 0.15) is 188 Å². The van der Waals surface area contributed by atoms with Crippen molar-refractivity contribution in [3.05, 3.63) is 11.8 Å². The molecule has 0 unspecified atom stereocenters. The highest BCUT2D eigenvalue weighted by Crippen LogP contribution is 2.40. The molecule has 0 aromatic rings. The molecule has 0 amide bonds. The summed E-state index contributed by atoms with van der Waals surface area (Å²) in [7, 11) is 1.78. The summed E-state index contributed by atoms with van der Waals surface area (Å²) in [6.07, 6.45) is 38.0. The first-order chi connectivity index (χ1) is 19.6. The zero-order valence-corrected chi connectivity index (χ0v) is 27.7. The van der Waals surface area contributed by atoms with Gasteiger partial charge in [0.2, 0.25) is 0 Å². The minimum atomic E-state index is 0. The van der Waals surface area contributed by atoms with E-state index in [1.807, 2.05) is 6.26 Å². The van der Waals surface area contributed by atoms with E-state index in [9.17, 15) is 4.79 Å². The lowest BCUT2D eigenvalue weighted by Crippen LogP contribution is -2.20. The van der Waals surface area contributed by atoms with Crippen LogP contribution < -0.4 is 0 Å². The maximum atomic E-state index is 11.3. The maximum absolute atomic E-state index is 11.3. The van der Waals surface area contributed by atoms with E-state index in [2.05, 4.69) is 13.8 Å². The highest BCUT2D eigenvalue weighted by atomic mass is 19.0. The second-order valence-corrected chi connectivity index (χ2v) is 14.7. The van der Waals surface area contributed by atoms with E-state index < -0.39 is 0 Å². The number of hydrogen-bond acceptors (Lipinski definition) is 2. The van der Waals surface area contributed by atoms with Crippen molar-refractivity contribution in [2.75, 3.05) is 7.11 Å². The molecular weight excluding hydrogens is 519 g/mol. The number of ether oxygens (including phenoxy) is 1. The Bertz CT molecular complexity index is 666. The third kappa shape index (κ3) is 15.7. The molecule has 0 spiro atoms. The SMILES string of the molecule is C.CCCCCC1CCC(CC2CCC(=COC)CC2)CC1.CCCCCC1CCC(CC2CCC(=O)CC2)CC1.F. The van der Waals surface area contributed by atoms with E-state index in [1.165, 1.54) is 160 Å². The van der Waals surface area contributed by atoms with Crippen LogP contribution in [0.4, 0.5) is 4.70 Å². The van der Waals surface area contributed by atoms with E-state index >= 15 is 0 Å². The molecule has 42 heavy (non-hydrogen) atoms. The van der Waals surface area contributed by atoms with Crippen LogP contribution in [0.25, 0.3) is 0 Å². The first kappa shape index (κ1) is 39.2. The van der Waals surface area contributed by atoms with Gasteiger partial charge in [0.15, 0.2) is 0 Å². The molecule has 4 fully saturated rings. The van der Waals surface area contributed by atoms with Gasteiger partial charge in [0.05, 0.1) is 13.4 Å². The third-order valence-corrected chi connectivity index (χ3v) is 11.4. The summed E-state index contributed by atoms with van der Waals surface area (Å²) in [6, 6.07) is 0. The monoisotopic (exact) mass is 593 g/mol. The Kier molecular flexibility index (Phi) is 21.9. The Morgan fingerprint density at radius 2 is 0.929 bits per heavy atom. The van der Waals surface area contributed by atoms with Crippen LogP contribution in [-0.4, -0.2) is 12.9 Å². The lowest BCUT2D eigenvalue weighted by Gasteiger charge is -2.32. The first-order valence-electron chi connectivity index (χ1n) is 18.3. The standard InChI is InChI=1S/C20H36O.C18H32O.CH4.FH/c1-3-4-5-6-17-7-9-18(10-8-17)15-19-11-13-20(14-12-19)16-21-2;1-2-3-4-5-15-6-8-16(9-7-15)14-17-10-12-18(19)13-11-17;;/h16-19H,3-15H2,1-2H3;15-17H,2-14H2,1H3;1H4;1H. The Morgan fingerprint density at radius 3 is 1.31 bits per heavy atom. The fourth-order valence-electron chi connectivity index (χ4n) is 8.62.